The van der Waals surface area contributed by atoms with Crippen molar-refractivity contribution in [2.75, 3.05) is 13.6 Å². The van der Waals surface area contributed by atoms with Gasteiger partial charge in [0, 0.05) is 36.6 Å². The minimum atomic E-state index is 0.804. The average Bonchev–Trinajstić information content (AvgIpc) is 2.84. The van der Waals surface area contributed by atoms with E-state index in [1.807, 2.05) is 24.4 Å². The molecule has 0 atom stereocenters. The Morgan fingerprint density at radius 1 is 1.38 bits per heavy atom. The third-order valence-corrected chi connectivity index (χ3v) is 3.59. The summed E-state index contributed by atoms with van der Waals surface area (Å²) in [6.45, 7) is 1.13. The number of aliphatic imine (C=N–C) groups is 1. The second-order valence-corrected chi connectivity index (χ2v) is 4.68. The van der Waals surface area contributed by atoms with E-state index >= 15 is 0 Å². The molecule has 2 aliphatic rings. The highest BCUT2D eigenvalue weighted by atomic mass is 35.5. The quantitative estimate of drug-likeness (QED) is 0.669. The Morgan fingerprint density at radius 2 is 2.25 bits per heavy atom. The summed E-state index contributed by atoms with van der Waals surface area (Å²) in [5.41, 5.74) is 4.68. The Hall–Kier alpha value is -1.28. The first kappa shape index (κ1) is 9.91. The number of halogens is 1. The summed E-state index contributed by atoms with van der Waals surface area (Å²) in [5.74, 6) is 0. The highest BCUT2D eigenvalue weighted by molar-refractivity contribution is 6.35. The standard InChI is InChI=1S/C13H13ClN2/c1-16-7-3-6-12(16)9-8-15-11-5-2-4-10(14)13(9)11/h2,4-5,8H,3,6-7H2,1H3/b12-9+. The number of nitrogens with zero attached hydrogens (tertiary/aromatic N) is 2. The molecule has 0 saturated carbocycles. The minimum absolute atomic E-state index is 0.804. The van der Waals surface area contributed by atoms with Crippen molar-refractivity contribution in [3.8, 4) is 0 Å². The second kappa shape index (κ2) is 3.63. The Kier molecular flexibility index (Phi) is 2.25. The van der Waals surface area contributed by atoms with Crippen LogP contribution in [0, 0.1) is 0 Å². The molecule has 2 aliphatic heterocycles. The summed E-state index contributed by atoms with van der Waals surface area (Å²) in [5, 5.41) is 0.804. The first-order valence-corrected chi connectivity index (χ1v) is 5.92. The van der Waals surface area contributed by atoms with E-state index in [2.05, 4.69) is 16.9 Å². The fraction of sp³-hybridized carbons (Fsp3) is 0.308. The smallest absolute Gasteiger partial charge is 0.0724 e. The number of hydrogen-bond acceptors (Lipinski definition) is 2. The van der Waals surface area contributed by atoms with Crippen LogP contribution in [0.25, 0.3) is 5.57 Å². The molecule has 1 aromatic carbocycles. The van der Waals surface area contributed by atoms with Gasteiger partial charge in [0.25, 0.3) is 0 Å². The van der Waals surface area contributed by atoms with Gasteiger partial charge in [-0.05, 0) is 25.0 Å². The molecular formula is C13H13ClN2. The zero-order valence-electron chi connectivity index (χ0n) is 9.20. The third-order valence-electron chi connectivity index (χ3n) is 3.27. The van der Waals surface area contributed by atoms with Crippen LogP contribution in [0.5, 0.6) is 0 Å². The van der Waals surface area contributed by atoms with Crippen molar-refractivity contribution in [3.63, 3.8) is 0 Å². The maximum Gasteiger partial charge on any atom is 0.0724 e. The molecule has 16 heavy (non-hydrogen) atoms. The van der Waals surface area contributed by atoms with E-state index in [-0.39, 0.29) is 0 Å². The lowest BCUT2D eigenvalue weighted by Gasteiger charge is -2.15. The number of fused-ring (bicyclic) bond motifs is 1. The van der Waals surface area contributed by atoms with Gasteiger partial charge < -0.3 is 4.90 Å². The maximum atomic E-state index is 6.26. The van der Waals surface area contributed by atoms with Crippen LogP contribution >= 0.6 is 11.6 Å². The molecule has 0 bridgehead atoms. The van der Waals surface area contributed by atoms with Crippen LogP contribution in [-0.4, -0.2) is 24.7 Å². The van der Waals surface area contributed by atoms with E-state index in [1.165, 1.54) is 17.7 Å². The Morgan fingerprint density at radius 3 is 3.00 bits per heavy atom. The van der Waals surface area contributed by atoms with Crippen LogP contribution < -0.4 is 0 Å². The van der Waals surface area contributed by atoms with Crippen LogP contribution in [0.4, 0.5) is 5.69 Å². The lowest BCUT2D eigenvalue weighted by molar-refractivity contribution is 0.484. The van der Waals surface area contributed by atoms with Crippen molar-refractivity contribution in [2.45, 2.75) is 12.8 Å². The highest BCUT2D eigenvalue weighted by Gasteiger charge is 2.23. The van der Waals surface area contributed by atoms with Gasteiger partial charge in [0.15, 0.2) is 0 Å². The molecule has 2 heterocycles. The maximum absolute atomic E-state index is 6.26. The van der Waals surface area contributed by atoms with E-state index in [9.17, 15) is 0 Å². The number of rotatable bonds is 0. The van der Waals surface area contributed by atoms with Gasteiger partial charge in [-0.25, -0.2) is 0 Å². The van der Waals surface area contributed by atoms with Gasteiger partial charge in [-0.1, -0.05) is 17.7 Å². The van der Waals surface area contributed by atoms with E-state index in [0.29, 0.717) is 0 Å². The fourth-order valence-electron chi connectivity index (χ4n) is 2.45. The summed E-state index contributed by atoms with van der Waals surface area (Å²) in [6.07, 6.45) is 4.30. The predicted molar refractivity (Wildman–Crippen MR) is 68.4 cm³/mol. The molecule has 0 spiro atoms. The molecule has 0 aliphatic carbocycles. The van der Waals surface area contributed by atoms with E-state index in [1.54, 1.807) is 0 Å². The van der Waals surface area contributed by atoms with Gasteiger partial charge in [0.1, 0.15) is 0 Å². The summed E-state index contributed by atoms with van der Waals surface area (Å²) in [7, 11) is 2.14. The van der Waals surface area contributed by atoms with Crippen LogP contribution in [0.2, 0.25) is 5.02 Å². The van der Waals surface area contributed by atoms with Gasteiger partial charge in [-0.2, -0.15) is 0 Å². The Labute approximate surface area is 100 Å². The lowest BCUT2D eigenvalue weighted by Crippen LogP contribution is -2.11. The van der Waals surface area contributed by atoms with E-state index in [0.717, 1.165) is 29.2 Å². The summed E-state index contributed by atoms with van der Waals surface area (Å²) in [4.78, 5) is 6.73. The van der Waals surface area contributed by atoms with Crippen LogP contribution in [0.3, 0.4) is 0 Å². The molecule has 0 radical (unpaired) electrons. The molecule has 3 heteroatoms. The number of hydrogen-bond donors (Lipinski definition) is 0. The topological polar surface area (TPSA) is 15.6 Å². The zero-order chi connectivity index (χ0) is 11.1. The van der Waals surface area contributed by atoms with Crippen molar-refractivity contribution in [3.05, 3.63) is 34.5 Å². The first-order valence-electron chi connectivity index (χ1n) is 5.54. The summed E-state index contributed by atoms with van der Waals surface area (Å²) < 4.78 is 0. The largest absolute Gasteiger partial charge is 0.377 e. The third kappa shape index (κ3) is 1.37. The monoisotopic (exact) mass is 232 g/mol. The van der Waals surface area contributed by atoms with Crippen molar-refractivity contribution >= 4 is 29.1 Å². The lowest BCUT2D eigenvalue weighted by atomic mass is 10.0. The Balaban J connectivity index is 2.19. The van der Waals surface area contributed by atoms with E-state index in [4.69, 9.17) is 11.6 Å². The number of likely N-dealkylation sites (tertiary alicyclic amines) is 1. The van der Waals surface area contributed by atoms with Gasteiger partial charge in [-0.15, -0.1) is 0 Å². The van der Waals surface area contributed by atoms with Crippen molar-refractivity contribution in [1.29, 1.82) is 0 Å². The van der Waals surface area contributed by atoms with Crippen molar-refractivity contribution in [1.82, 2.24) is 4.90 Å². The van der Waals surface area contributed by atoms with Gasteiger partial charge in [0.05, 0.1) is 10.7 Å². The molecule has 0 aromatic heterocycles. The molecule has 1 aromatic rings. The predicted octanol–water partition coefficient (Wildman–Crippen LogP) is 3.49. The number of allylic oxidation sites excluding steroid dienone is 2. The molecule has 82 valence electrons. The minimum Gasteiger partial charge on any atom is -0.377 e. The second-order valence-electron chi connectivity index (χ2n) is 4.28. The Bertz CT molecular complexity index is 503. The first-order chi connectivity index (χ1) is 7.77. The summed E-state index contributed by atoms with van der Waals surface area (Å²) in [6, 6.07) is 5.90. The molecule has 0 N–H and O–H groups in total. The van der Waals surface area contributed by atoms with Crippen molar-refractivity contribution < 1.29 is 0 Å². The fourth-order valence-corrected chi connectivity index (χ4v) is 2.73. The van der Waals surface area contributed by atoms with Crippen LogP contribution in [0.1, 0.15) is 18.4 Å². The van der Waals surface area contributed by atoms with Crippen LogP contribution in [0.15, 0.2) is 28.9 Å². The molecule has 3 rings (SSSR count). The zero-order valence-corrected chi connectivity index (χ0v) is 9.96. The molecular weight excluding hydrogens is 220 g/mol. The highest BCUT2D eigenvalue weighted by Crippen LogP contribution is 2.40. The van der Waals surface area contributed by atoms with Gasteiger partial charge in [0.2, 0.25) is 0 Å². The average molecular weight is 233 g/mol. The van der Waals surface area contributed by atoms with Gasteiger partial charge in [-0.3, -0.25) is 4.99 Å². The molecule has 2 nitrogen and oxygen atoms in total. The molecule has 1 saturated heterocycles. The van der Waals surface area contributed by atoms with Gasteiger partial charge >= 0.3 is 0 Å². The molecule has 0 unspecified atom stereocenters. The van der Waals surface area contributed by atoms with Crippen molar-refractivity contribution in [2.24, 2.45) is 4.99 Å². The normalized spacial score (nSPS) is 23.0. The summed E-state index contributed by atoms with van der Waals surface area (Å²) >= 11 is 6.26. The van der Waals surface area contributed by atoms with Crippen LogP contribution in [-0.2, 0) is 0 Å². The molecule has 0 amide bonds. The molecule has 1 fully saturated rings. The number of benzene rings is 1. The SMILES string of the molecule is CN1CCC/C1=C1/C=Nc2cccc(Cl)c21. The van der Waals surface area contributed by atoms with E-state index < -0.39 is 0 Å².